The van der Waals surface area contributed by atoms with Crippen molar-refractivity contribution in [2.45, 2.75) is 19.9 Å². The maximum atomic E-state index is 5.49. The molecule has 0 aliphatic carbocycles. The molecular formula is C17H20BrNO. The first-order valence-electron chi connectivity index (χ1n) is 6.81. The molecule has 0 radical (unpaired) electrons. The van der Waals surface area contributed by atoms with E-state index in [1.54, 1.807) is 0 Å². The minimum Gasteiger partial charge on any atom is -0.494 e. The average molecular weight is 334 g/mol. The van der Waals surface area contributed by atoms with Crippen molar-refractivity contribution in [1.82, 2.24) is 5.32 Å². The molecule has 2 rings (SSSR count). The third kappa shape index (κ3) is 3.41. The van der Waals surface area contributed by atoms with Gasteiger partial charge < -0.3 is 10.1 Å². The van der Waals surface area contributed by atoms with E-state index in [-0.39, 0.29) is 6.04 Å². The minimum atomic E-state index is 0.192. The number of aryl methyl sites for hydroxylation is 1. The van der Waals surface area contributed by atoms with Crippen molar-refractivity contribution < 1.29 is 4.74 Å². The first-order valence-corrected chi connectivity index (χ1v) is 7.61. The van der Waals surface area contributed by atoms with Crippen LogP contribution in [0, 0.1) is 6.92 Å². The molecule has 0 heterocycles. The molecule has 0 spiro atoms. The SMILES string of the molecule is CCOc1ccc(C(NC)c2ccc(Br)c(C)c2)cc1. The Kier molecular flexibility index (Phi) is 5.21. The van der Waals surface area contributed by atoms with E-state index in [2.05, 4.69) is 58.5 Å². The number of ether oxygens (including phenoxy) is 1. The van der Waals surface area contributed by atoms with Crippen molar-refractivity contribution in [3.05, 3.63) is 63.6 Å². The van der Waals surface area contributed by atoms with E-state index >= 15 is 0 Å². The molecule has 0 saturated heterocycles. The lowest BCUT2D eigenvalue weighted by Gasteiger charge is -2.18. The third-order valence-electron chi connectivity index (χ3n) is 3.33. The monoisotopic (exact) mass is 333 g/mol. The summed E-state index contributed by atoms with van der Waals surface area (Å²) in [6.45, 7) is 4.80. The molecule has 20 heavy (non-hydrogen) atoms. The molecule has 106 valence electrons. The van der Waals surface area contributed by atoms with Crippen molar-refractivity contribution >= 4 is 15.9 Å². The van der Waals surface area contributed by atoms with Gasteiger partial charge in [0.15, 0.2) is 0 Å². The predicted molar refractivity (Wildman–Crippen MR) is 87.4 cm³/mol. The largest absolute Gasteiger partial charge is 0.494 e. The lowest BCUT2D eigenvalue weighted by Crippen LogP contribution is -2.17. The minimum absolute atomic E-state index is 0.192. The average Bonchev–Trinajstić information content (AvgIpc) is 2.46. The highest BCUT2D eigenvalue weighted by Gasteiger charge is 2.12. The molecule has 1 N–H and O–H groups in total. The Morgan fingerprint density at radius 2 is 1.75 bits per heavy atom. The van der Waals surface area contributed by atoms with Gasteiger partial charge in [0.2, 0.25) is 0 Å². The molecular weight excluding hydrogens is 314 g/mol. The first-order chi connectivity index (χ1) is 9.65. The molecule has 0 aromatic heterocycles. The Labute approximate surface area is 129 Å². The molecule has 0 saturated carbocycles. The fraction of sp³-hybridized carbons (Fsp3) is 0.294. The molecule has 2 aromatic carbocycles. The maximum Gasteiger partial charge on any atom is 0.119 e. The number of hydrogen-bond acceptors (Lipinski definition) is 2. The van der Waals surface area contributed by atoms with Crippen LogP contribution in [0.1, 0.15) is 29.7 Å². The van der Waals surface area contributed by atoms with Crippen LogP contribution < -0.4 is 10.1 Å². The van der Waals surface area contributed by atoms with E-state index in [1.807, 2.05) is 26.1 Å². The van der Waals surface area contributed by atoms with Crippen LogP contribution >= 0.6 is 15.9 Å². The van der Waals surface area contributed by atoms with Gasteiger partial charge in [0.25, 0.3) is 0 Å². The maximum absolute atomic E-state index is 5.49. The van der Waals surface area contributed by atoms with E-state index in [9.17, 15) is 0 Å². The zero-order valence-electron chi connectivity index (χ0n) is 12.1. The van der Waals surface area contributed by atoms with Gasteiger partial charge in [0.1, 0.15) is 5.75 Å². The molecule has 0 amide bonds. The summed E-state index contributed by atoms with van der Waals surface area (Å²) in [5.74, 6) is 0.915. The fourth-order valence-corrected chi connectivity index (χ4v) is 2.54. The normalized spacial score (nSPS) is 12.2. The van der Waals surface area contributed by atoms with Gasteiger partial charge in [-0.25, -0.2) is 0 Å². The van der Waals surface area contributed by atoms with Gasteiger partial charge in [0, 0.05) is 4.47 Å². The van der Waals surface area contributed by atoms with Crippen molar-refractivity contribution in [2.24, 2.45) is 0 Å². The summed E-state index contributed by atoms with van der Waals surface area (Å²) in [5, 5.41) is 3.38. The Morgan fingerprint density at radius 1 is 1.10 bits per heavy atom. The van der Waals surface area contributed by atoms with Gasteiger partial charge in [-0.3, -0.25) is 0 Å². The number of nitrogens with one attached hydrogen (secondary N) is 1. The van der Waals surface area contributed by atoms with Crippen LogP contribution in [0.4, 0.5) is 0 Å². The number of hydrogen-bond donors (Lipinski definition) is 1. The van der Waals surface area contributed by atoms with E-state index < -0.39 is 0 Å². The van der Waals surface area contributed by atoms with E-state index in [4.69, 9.17) is 4.74 Å². The van der Waals surface area contributed by atoms with Crippen LogP contribution in [0.15, 0.2) is 46.9 Å². The Balaban J connectivity index is 2.29. The van der Waals surface area contributed by atoms with Crippen molar-refractivity contribution in [2.75, 3.05) is 13.7 Å². The second-order valence-electron chi connectivity index (χ2n) is 4.73. The molecule has 2 aromatic rings. The van der Waals surface area contributed by atoms with Crippen molar-refractivity contribution in [1.29, 1.82) is 0 Å². The summed E-state index contributed by atoms with van der Waals surface area (Å²) in [6.07, 6.45) is 0. The van der Waals surface area contributed by atoms with Gasteiger partial charge in [-0.2, -0.15) is 0 Å². The lowest BCUT2D eigenvalue weighted by atomic mass is 9.97. The molecule has 1 atom stereocenters. The highest BCUT2D eigenvalue weighted by atomic mass is 79.9. The molecule has 1 unspecified atom stereocenters. The highest BCUT2D eigenvalue weighted by molar-refractivity contribution is 9.10. The number of halogens is 1. The van der Waals surface area contributed by atoms with Crippen LogP contribution in [0.3, 0.4) is 0 Å². The van der Waals surface area contributed by atoms with Crippen LogP contribution in [0.2, 0.25) is 0 Å². The van der Waals surface area contributed by atoms with Gasteiger partial charge in [-0.15, -0.1) is 0 Å². The Bertz CT molecular complexity index is 566. The fourth-order valence-electron chi connectivity index (χ4n) is 2.30. The van der Waals surface area contributed by atoms with Gasteiger partial charge in [-0.1, -0.05) is 40.2 Å². The summed E-state index contributed by atoms with van der Waals surface area (Å²) in [7, 11) is 1.98. The topological polar surface area (TPSA) is 21.3 Å². The van der Waals surface area contributed by atoms with Crippen LogP contribution in [-0.4, -0.2) is 13.7 Å². The standard InChI is InChI=1S/C17H20BrNO/c1-4-20-15-8-5-13(6-9-15)17(19-3)14-7-10-16(18)12(2)11-14/h5-11,17,19H,4H2,1-3H3. The van der Waals surface area contributed by atoms with Crippen LogP contribution in [0.25, 0.3) is 0 Å². The quantitative estimate of drug-likeness (QED) is 0.871. The molecule has 3 heteroatoms. The smallest absolute Gasteiger partial charge is 0.119 e. The predicted octanol–water partition coefficient (Wildman–Crippen LogP) is 4.47. The zero-order chi connectivity index (χ0) is 14.5. The molecule has 0 fully saturated rings. The summed E-state index contributed by atoms with van der Waals surface area (Å²) in [5.41, 5.74) is 3.74. The second kappa shape index (κ2) is 6.91. The highest BCUT2D eigenvalue weighted by Crippen LogP contribution is 2.27. The first kappa shape index (κ1) is 15.1. The molecule has 0 aliphatic heterocycles. The van der Waals surface area contributed by atoms with Crippen LogP contribution in [0.5, 0.6) is 5.75 Å². The number of rotatable bonds is 5. The van der Waals surface area contributed by atoms with E-state index in [0.29, 0.717) is 6.61 Å². The third-order valence-corrected chi connectivity index (χ3v) is 4.22. The van der Waals surface area contributed by atoms with Gasteiger partial charge in [-0.05, 0) is 55.8 Å². The van der Waals surface area contributed by atoms with Crippen molar-refractivity contribution in [3.63, 3.8) is 0 Å². The summed E-state index contributed by atoms with van der Waals surface area (Å²) in [4.78, 5) is 0. The van der Waals surface area contributed by atoms with E-state index in [1.165, 1.54) is 16.7 Å². The zero-order valence-corrected chi connectivity index (χ0v) is 13.7. The van der Waals surface area contributed by atoms with Crippen LogP contribution in [-0.2, 0) is 0 Å². The van der Waals surface area contributed by atoms with Gasteiger partial charge >= 0.3 is 0 Å². The Morgan fingerprint density at radius 3 is 2.30 bits per heavy atom. The lowest BCUT2D eigenvalue weighted by molar-refractivity contribution is 0.340. The summed E-state index contributed by atoms with van der Waals surface area (Å²) in [6, 6.07) is 14.9. The van der Waals surface area contributed by atoms with Crippen molar-refractivity contribution in [3.8, 4) is 5.75 Å². The Hall–Kier alpha value is -1.32. The summed E-state index contributed by atoms with van der Waals surface area (Å²) >= 11 is 3.55. The molecule has 0 aliphatic rings. The van der Waals surface area contributed by atoms with Gasteiger partial charge in [0.05, 0.1) is 12.6 Å². The number of benzene rings is 2. The van der Waals surface area contributed by atoms with E-state index in [0.717, 1.165) is 10.2 Å². The molecule has 2 nitrogen and oxygen atoms in total. The molecule has 0 bridgehead atoms. The second-order valence-corrected chi connectivity index (χ2v) is 5.59. The summed E-state index contributed by atoms with van der Waals surface area (Å²) < 4.78 is 6.63.